The number of aliphatic hydroxyl groups is 1. The third-order valence-corrected chi connectivity index (χ3v) is 8.59. The molecule has 1 aliphatic carbocycles. The van der Waals surface area contributed by atoms with Crippen LogP contribution in [0.5, 0.6) is 0 Å². The van der Waals surface area contributed by atoms with Crippen molar-refractivity contribution in [3.05, 3.63) is 100 Å². The van der Waals surface area contributed by atoms with Crippen LogP contribution in [0.1, 0.15) is 71.3 Å². The predicted octanol–water partition coefficient (Wildman–Crippen LogP) is 6.29. The van der Waals surface area contributed by atoms with E-state index in [1.165, 1.54) is 27.9 Å². The molecule has 2 aromatic carbocycles. The number of nitrogens with one attached hydrogen (secondary N) is 1. The second-order valence-electron chi connectivity index (χ2n) is 10.9. The zero-order valence-electron chi connectivity index (χ0n) is 21.9. The van der Waals surface area contributed by atoms with Crippen molar-refractivity contribution in [2.75, 3.05) is 24.6 Å². The van der Waals surface area contributed by atoms with Gasteiger partial charge in [0, 0.05) is 55.8 Å². The third-order valence-electron chi connectivity index (χ3n) is 8.59. The molecule has 4 N–H and O–H groups in total. The number of rotatable bonds is 6. The molecule has 0 amide bonds. The minimum absolute atomic E-state index is 0.0824. The SMILES string of the molecule is C=C(O)C(C)(C)C(c1ccc2c(c1)C(N1CCc3ncccc3C1)CC2)c1ccc(NC)c(N)c1C. The molecule has 0 radical (unpaired) electrons. The highest BCUT2D eigenvalue weighted by Gasteiger charge is 2.38. The fraction of sp³-hybridized carbons (Fsp3) is 0.387. The first-order valence-electron chi connectivity index (χ1n) is 13.0. The van der Waals surface area contributed by atoms with E-state index in [1.807, 2.05) is 25.4 Å². The summed E-state index contributed by atoms with van der Waals surface area (Å²) in [5.74, 6) is 0.0985. The van der Waals surface area contributed by atoms with Crippen LogP contribution in [0.15, 0.2) is 61.0 Å². The van der Waals surface area contributed by atoms with E-state index < -0.39 is 5.41 Å². The van der Waals surface area contributed by atoms with Crippen LogP contribution in [-0.2, 0) is 19.4 Å². The van der Waals surface area contributed by atoms with Crippen molar-refractivity contribution in [1.29, 1.82) is 0 Å². The first kappa shape index (κ1) is 24.4. The number of nitrogens with zero attached hydrogens (tertiary/aromatic N) is 2. The van der Waals surface area contributed by atoms with Crippen molar-refractivity contribution in [3.63, 3.8) is 0 Å². The molecular formula is C31H38N4O. The third kappa shape index (κ3) is 4.05. The summed E-state index contributed by atoms with van der Waals surface area (Å²) < 4.78 is 0. The Hall–Kier alpha value is -3.31. The van der Waals surface area contributed by atoms with E-state index in [0.29, 0.717) is 6.04 Å². The highest BCUT2D eigenvalue weighted by molar-refractivity contribution is 5.72. The summed E-state index contributed by atoms with van der Waals surface area (Å²) in [7, 11) is 1.89. The van der Waals surface area contributed by atoms with E-state index in [2.05, 4.69) is 72.9 Å². The molecule has 5 rings (SSSR count). The molecule has 1 aliphatic heterocycles. The van der Waals surface area contributed by atoms with Gasteiger partial charge in [-0.15, -0.1) is 0 Å². The average molecular weight is 483 g/mol. The van der Waals surface area contributed by atoms with Crippen LogP contribution in [0.4, 0.5) is 11.4 Å². The Balaban J connectivity index is 1.57. The van der Waals surface area contributed by atoms with Crippen molar-refractivity contribution < 1.29 is 5.11 Å². The molecule has 36 heavy (non-hydrogen) atoms. The fourth-order valence-electron chi connectivity index (χ4n) is 6.24. The van der Waals surface area contributed by atoms with E-state index in [4.69, 9.17) is 5.73 Å². The maximum Gasteiger partial charge on any atom is 0.0916 e. The number of anilines is 2. The van der Waals surface area contributed by atoms with E-state index in [0.717, 1.165) is 54.9 Å². The Labute approximate surface area is 215 Å². The highest BCUT2D eigenvalue weighted by Crippen LogP contribution is 2.49. The topological polar surface area (TPSA) is 74.4 Å². The zero-order chi connectivity index (χ0) is 25.6. The molecule has 3 aromatic rings. The highest BCUT2D eigenvalue weighted by atomic mass is 16.3. The Morgan fingerprint density at radius 3 is 2.75 bits per heavy atom. The number of pyridine rings is 1. The summed E-state index contributed by atoms with van der Waals surface area (Å²) in [4.78, 5) is 7.21. The number of aryl methyl sites for hydroxylation is 1. The van der Waals surface area contributed by atoms with Crippen molar-refractivity contribution >= 4 is 11.4 Å². The summed E-state index contributed by atoms with van der Waals surface area (Å²) in [6, 6.07) is 15.8. The zero-order valence-corrected chi connectivity index (χ0v) is 21.9. The molecule has 0 fully saturated rings. The van der Waals surface area contributed by atoms with Crippen LogP contribution < -0.4 is 11.1 Å². The Morgan fingerprint density at radius 1 is 1.19 bits per heavy atom. The predicted molar refractivity (Wildman–Crippen MR) is 148 cm³/mol. The van der Waals surface area contributed by atoms with Gasteiger partial charge in [0.05, 0.1) is 17.1 Å². The van der Waals surface area contributed by atoms with E-state index in [-0.39, 0.29) is 11.7 Å². The number of fused-ring (bicyclic) bond motifs is 2. The van der Waals surface area contributed by atoms with Gasteiger partial charge in [-0.3, -0.25) is 9.88 Å². The standard InChI is InChI=1S/C31H38N4O/c1-19-24(11-12-27(33-5)30(19)32)29(31(3,4)20(2)36)22-9-8-21-10-13-28(25(21)17-22)35-16-14-26-23(18-35)7-6-15-34-26/h6-9,11-12,15,17,28-29,33,36H,2,10,13-14,16,18,32H2,1,3-5H3. The summed E-state index contributed by atoms with van der Waals surface area (Å²) in [6.07, 6.45) is 5.14. The monoisotopic (exact) mass is 482 g/mol. The molecule has 5 nitrogen and oxygen atoms in total. The van der Waals surface area contributed by atoms with Gasteiger partial charge < -0.3 is 16.2 Å². The van der Waals surface area contributed by atoms with Crippen LogP contribution in [-0.4, -0.2) is 28.6 Å². The second-order valence-corrected chi connectivity index (χ2v) is 10.9. The molecule has 2 aliphatic rings. The van der Waals surface area contributed by atoms with Gasteiger partial charge in [-0.1, -0.05) is 50.8 Å². The van der Waals surface area contributed by atoms with Crippen LogP contribution in [0.25, 0.3) is 0 Å². The number of nitrogen functional groups attached to an aromatic ring is 1. The van der Waals surface area contributed by atoms with Crippen LogP contribution in [0, 0.1) is 12.3 Å². The summed E-state index contributed by atoms with van der Waals surface area (Å²) in [5, 5.41) is 13.9. The number of aromatic nitrogens is 1. The summed E-state index contributed by atoms with van der Waals surface area (Å²) in [5.41, 5.74) is 16.4. The second kappa shape index (κ2) is 9.29. The Bertz CT molecular complexity index is 1310. The first-order valence-corrected chi connectivity index (χ1v) is 13.0. The lowest BCUT2D eigenvalue weighted by Gasteiger charge is -2.37. The first-order chi connectivity index (χ1) is 17.2. The van der Waals surface area contributed by atoms with Crippen LogP contribution in [0.2, 0.25) is 0 Å². The van der Waals surface area contributed by atoms with E-state index in [9.17, 15) is 5.11 Å². The number of aliphatic hydroxyl groups excluding tert-OH is 1. The van der Waals surface area contributed by atoms with E-state index >= 15 is 0 Å². The van der Waals surface area contributed by atoms with Crippen molar-refractivity contribution in [2.45, 2.75) is 58.5 Å². The molecule has 188 valence electrons. The van der Waals surface area contributed by atoms with Gasteiger partial charge in [-0.05, 0) is 65.3 Å². The quantitative estimate of drug-likeness (QED) is 0.284. The Morgan fingerprint density at radius 2 is 2.00 bits per heavy atom. The lowest BCUT2D eigenvalue weighted by atomic mass is 9.68. The molecule has 0 saturated carbocycles. The van der Waals surface area contributed by atoms with Gasteiger partial charge in [0.25, 0.3) is 0 Å². The van der Waals surface area contributed by atoms with Gasteiger partial charge in [-0.25, -0.2) is 0 Å². The Kier molecular flexibility index (Phi) is 6.29. The minimum Gasteiger partial charge on any atom is -0.512 e. The summed E-state index contributed by atoms with van der Waals surface area (Å²) in [6.45, 7) is 12.2. The van der Waals surface area contributed by atoms with Crippen molar-refractivity contribution in [3.8, 4) is 0 Å². The van der Waals surface area contributed by atoms with Crippen molar-refractivity contribution in [2.24, 2.45) is 5.41 Å². The molecule has 1 aromatic heterocycles. The van der Waals surface area contributed by atoms with Gasteiger partial charge in [0.2, 0.25) is 0 Å². The molecule has 5 heteroatoms. The molecule has 0 bridgehead atoms. The molecule has 0 spiro atoms. The lowest BCUT2D eigenvalue weighted by Crippen LogP contribution is -2.33. The average Bonchev–Trinajstić information content (AvgIpc) is 3.30. The normalized spacial score (nSPS) is 18.4. The summed E-state index contributed by atoms with van der Waals surface area (Å²) >= 11 is 0. The van der Waals surface area contributed by atoms with Gasteiger partial charge in [-0.2, -0.15) is 0 Å². The number of benzene rings is 2. The lowest BCUT2D eigenvalue weighted by molar-refractivity contribution is 0.177. The number of hydrogen-bond acceptors (Lipinski definition) is 5. The van der Waals surface area contributed by atoms with Crippen molar-refractivity contribution in [1.82, 2.24) is 9.88 Å². The smallest absolute Gasteiger partial charge is 0.0916 e. The molecule has 2 heterocycles. The number of allylic oxidation sites excluding steroid dienone is 1. The van der Waals surface area contributed by atoms with Gasteiger partial charge in [0.15, 0.2) is 0 Å². The van der Waals surface area contributed by atoms with Gasteiger partial charge >= 0.3 is 0 Å². The van der Waals surface area contributed by atoms with Crippen LogP contribution in [0.3, 0.4) is 0 Å². The number of hydrogen-bond donors (Lipinski definition) is 3. The molecular weight excluding hydrogens is 444 g/mol. The molecule has 0 saturated heterocycles. The maximum absolute atomic E-state index is 10.7. The minimum atomic E-state index is -0.573. The van der Waals surface area contributed by atoms with E-state index in [1.54, 1.807) is 0 Å². The van der Waals surface area contributed by atoms with Crippen LogP contribution >= 0.6 is 0 Å². The fourth-order valence-corrected chi connectivity index (χ4v) is 6.24. The maximum atomic E-state index is 10.7. The molecule has 2 unspecified atom stereocenters. The largest absolute Gasteiger partial charge is 0.512 e. The van der Waals surface area contributed by atoms with Gasteiger partial charge in [0.1, 0.15) is 0 Å². The molecule has 2 atom stereocenters. The number of nitrogens with two attached hydrogens (primary N) is 1.